The monoisotopic (exact) mass is 416 g/mol. The summed E-state index contributed by atoms with van der Waals surface area (Å²) in [4.78, 5) is 6.25. The number of ether oxygens (including phenoxy) is 1. The largest absolute Gasteiger partial charge is 0.487 e. The molecule has 0 bridgehead atoms. The summed E-state index contributed by atoms with van der Waals surface area (Å²) in [5.41, 5.74) is 3.41. The molecule has 1 fully saturated rings. The van der Waals surface area contributed by atoms with Gasteiger partial charge in [0, 0.05) is 43.4 Å². The summed E-state index contributed by atoms with van der Waals surface area (Å²) >= 11 is 0. The molecule has 3 aromatic rings. The highest BCUT2D eigenvalue weighted by molar-refractivity contribution is 5.36. The van der Waals surface area contributed by atoms with Gasteiger partial charge < -0.3 is 4.74 Å². The van der Waals surface area contributed by atoms with Gasteiger partial charge in [-0.2, -0.15) is 20.1 Å². The summed E-state index contributed by atoms with van der Waals surface area (Å²) in [6, 6.07) is 5.71. The lowest BCUT2D eigenvalue weighted by atomic mass is 9.84. The molecule has 0 unspecified atom stereocenters. The zero-order chi connectivity index (χ0) is 21.3. The van der Waals surface area contributed by atoms with Crippen LogP contribution in [-0.4, -0.2) is 35.7 Å². The Hall–Kier alpha value is -2.84. The van der Waals surface area contributed by atoms with Crippen LogP contribution in [0.4, 0.5) is 8.78 Å². The summed E-state index contributed by atoms with van der Waals surface area (Å²) in [5.74, 6) is -1.02. The van der Waals surface area contributed by atoms with Crippen LogP contribution in [0.25, 0.3) is 5.82 Å². The topological polar surface area (TPSA) is 70.7 Å². The first-order valence-electron chi connectivity index (χ1n) is 10.2. The average molecular weight is 416 g/mol. The second kappa shape index (κ2) is 8.12. The van der Waals surface area contributed by atoms with E-state index in [1.165, 1.54) is 4.80 Å². The first kappa shape index (κ1) is 20.4. The number of nitrogens with zero attached hydrogens (tertiary/aromatic N) is 6. The van der Waals surface area contributed by atoms with Crippen molar-refractivity contribution < 1.29 is 13.5 Å². The van der Waals surface area contributed by atoms with Gasteiger partial charge in [0.05, 0.1) is 11.9 Å². The highest BCUT2D eigenvalue weighted by Crippen LogP contribution is 2.37. The number of rotatable bonds is 6. The van der Waals surface area contributed by atoms with E-state index in [2.05, 4.69) is 15.3 Å². The molecule has 1 aliphatic carbocycles. The van der Waals surface area contributed by atoms with E-state index < -0.39 is 5.92 Å². The molecular formula is C21H26F2N6O. The van der Waals surface area contributed by atoms with Crippen molar-refractivity contribution in [3.63, 3.8) is 0 Å². The predicted octanol–water partition coefficient (Wildman–Crippen LogP) is 3.96. The maximum atomic E-state index is 13.5. The smallest absolute Gasteiger partial charge is 0.248 e. The molecule has 0 amide bonds. The molecule has 7 nitrogen and oxygen atoms in total. The van der Waals surface area contributed by atoms with Gasteiger partial charge in [-0.05, 0) is 45.1 Å². The number of halogens is 2. The molecule has 0 spiro atoms. The molecule has 160 valence electrons. The second-order valence-corrected chi connectivity index (χ2v) is 8.11. The van der Waals surface area contributed by atoms with Crippen LogP contribution in [-0.2, 0) is 20.1 Å². The summed E-state index contributed by atoms with van der Waals surface area (Å²) in [5, 5.41) is 12.8. The van der Waals surface area contributed by atoms with E-state index in [0.29, 0.717) is 30.8 Å². The van der Waals surface area contributed by atoms with Crippen LogP contribution in [0.1, 0.15) is 48.5 Å². The lowest BCUT2D eigenvalue weighted by molar-refractivity contribution is -0.0457. The summed E-state index contributed by atoms with van der Waals surface area (Å²) in [6.07, 6.45) is 3.22. The molecule has 0 aromatic carbocycles. The van der Waals surface area contributed by atoms with Gasteiger partial charge in [-0.1, -0.05) is 0 Å². The molecule has 1 aliphatic rings. The lowest BCUT2D eigenvalue weighted by Gasteiger charge is -2.28. The molecule has 1 saturated carbocycles. The molecule has 0 N–H and O–H groups in total. The molecule has 0 saturated heterocycles. The standard InChI is InChI=1S/C21H26F2N6O/c1-14-8-15(2)29(26-14)20-11-19(30-13-18-12-24-28(3)27-18)10-17(25-20)9-16-4-6-21(22,23)7-5-16/h8,10-12,16H,4-7,9,13H2,1-3H3. The Morgan fingerprint density at radius 3 is 2.50 bits per heavy atom. The summed E-state index contributed by atoms with van der Waals surface area (Å²) in [6.45, 7) is 4.18. The first-order chi connectivity index (χ1) is 14.3. The van der Waals surface area contributed by atoms with Crippen molar-refractivity contribution in [1.82, 2.24) is 29.8 Å². The lowest BCUT2D eigenvalue weighted by Crippen LogP contribution is -2.25. The van der Waals surface area contributed by atoms with Gasteiger partial charge in [0.15, 0.2) is 5.82 Å². The summed E-state index contributed by atoms with van der Waals surface area (Å²) in [7, 11) is 1.75. The minimum absolute atomic E-state index is 0.0507. The molecule has 0 radical (unpaired) electrons. The van der Waals surface area contributed by atoms with E-state index in [1.807, 2.05) is 32.0 Å². The van der Waals surface area contributed by atoms with Crippen LogP contribution in [0.5, 0.6) is 5.75 Å². The van der Waals surface area contributed by atoms with E-state index in [-0.39, 0.29) is 25.4 Å². The van der Waals surface area contributed by atoms with Crippen molar-refractivity contribution in [2.24, 2.45) is 13.0 Å². The van der Waals surface area contributed by atoms with Crippen LogP contribution in [0, 0.1) is 19.8 Å². The fourth-order valence-corrected chi connectivity index (χ4v) is 3.91. The number of aromatic nitrogens is 6. The van der Waals surface area contributed by atoms with E-state index in [0.717, 1.165) is 22.8 Å². The Bertz CT molecular complexity index is 1020. The van der Waals surface area contributed by atoms with Crippen molar-refractivity contribution >= 4 is 0 Å². The molecule has 0 atom stereocenters. The number of aryl methyl sites for hydroxylation is 3. The number of pyridine rings is 1. The Morgan fingerprint density at radius 2 is 1.87 bits per heavy atom. The Balaban J connectivity index is 1.58. The van der Waals surface area contributed by atoms with E-state index in [9.17, 15) is 8.78 Å². The van der Waals surface area contributed by atoms with E-state index in [4.69, 9.17) is 9.72 Å². The van der Waals surface area contributed by atoms with Gasteiger partial charge in [-0.3, -0.25) is 0 Å². The average Bonchev–Trinajstić information content (AvgIpc) is 3.26. The highest BCUT2D eigenvalue weighted by atomic mass is 19.3. The molecule has 3 heterocycles. The van der Waals surface area contributed by atoms with E-state index >= 15 is 0 Å². The second-order valence-electron chi connectivity index (χ2n) is 8.11. The van der Waals surface area contributed by atoms with E-state index in [1.54, 1.807) is 17.9 Å². The fourth-order valence-electron chi connectivity index (χ4n) is 3.91. The molecule has 3 aromatic heterocycles. The third kappa shape index (κ3) is 4.83. The van der Waals surface area contributed by atoms with Gasteiger partial charge in [0.25, 0.3) is 0 Å². The van der Waals surface area contributed by atoms with Gasteiger partial charge in [-0.15, -0.1) is 0 Å². The third-order valence-corrected chi connectivity index (χ3v) is 5.43. The number of alkyl halides is 2. The maximum Gasteiger partial charge on any atom is 0.248 e. The molecular weight excluding hydrogens is 390 g/mol. The Kier molecular flexibility index (Phi) is 5.53. The minimum atomic E-state index is -2.53. The highest BCUT2D eigenvalue weighted by Gasteiger charge is 2.35. The van der Waals surface area contributed by atoms with Crippen molar-refractivity contribution in [1.29, 1.82) is 0 Å². The van der Waals surface area contributed by atoms with Gasteiger partial charge in [0.2, 0.25) is 5.92 Å². The van der Waals surface area contributed by atoms with Crippen LogP contribution in [0.3, 0.4) is 0 Å². The minimum Gasteiger partial charge on any atom is -0.487 e. The van der Waals surface area contributed by atoms with Crippen molar-refractivity contribution in [2.45, 2.75) is 58.5 Å². The first-order valence-corrected chi connectivity index (χ1v) is 10.2. The summed E-state index contributed by atoms with van der Waals surface area (Å²) < 4.78 is 34.8. The Morgan fingerprint density at radius 1 is 1.10 bits per heavy atom. The van der Waals surface area contributed by atoms with Crippen molar-refractivity contribution in [3.05, 3.63) is 47.2 Å². The molecule has 0 aliphatic heterocycles. The van der Waals surface area contributed by atoms with Gasteiger partial charge in [-0.25, -0.2) is 18.4 Å². The molecule has 30 heavy (non-hydrogen) atoms. The predicted molar refractivity (Wildman–Crippen MR) is 107 cm³/mol. The fraction of sp³-hybridized carbons (Fsp3) is 0.524. The van der Waals surface area contributed by atoms with Crippen molar-refractivity contribution in [3.8, 4) is 11.6 Å². The third-order valence-electron chi connectivity index (χ3n) is 5.43. The van der Waals surface area contributed by atoms with Gasteiger partial charge >= 0.3 is 0 Å². The SMILES string of the molecule is Cc1cc(C)n(-c2cc(OCc3cnn(C)n3)cc(CC3CCC(F)(F)CC3)n2)n1. The maximum absolute atomic E-state index is 13.5. The van der Waals surface area contributed by atoms with Crippen LogP contribution < -0.4 is 4.74 Å². The zero-order valence-corrected chi connectivity index (χ0v) is 17.5. The van der Waals surface area contributed by atoms with Crippen LogP contribution in [0.2, 0.25) is 0 Å². The zero-order valence-electron chi connectivity index (χ0n) is 17.5. The Labute approximate surface area is 174 Å². The normalized spacial score (nSPS) is 16.7. The number of hydrogen-bond donors (Lipinski definition) is 0. The quantitative estimate of drug-likeness (QED) is 0.608. The van der Waals surface area contributed by atoms with Crippen LogP contribution in [0.15, 0.2) is 24.4 Å². The van der Waals surface area contributed by atoms with Crippen molar-refractivity contribution in [2.75, 3.05) is 0 Å². The molecule has 4 rings (SSSR count). The van der Waals surface area contributed by atoms with Gasteiger partial charge in [0.1, 0.15) is 18.1 Å². The number of hydrogen-bond acceptors (Lipinski definition) is 5. The van der Waals surface area contributed by atoms with Crippen LogP contribution >= 0.6 is 0 Å². The molecule has 9 heteroatoms.